The van der Waals surface area contributed by atoms with Crippen molar-refractivity contribution in [2.45, 2.75) is 26.1 Å². The lowest BCUT2D eigenvalue weighted by Crippen LogP contribution is -2.06. The number of nitrogens with zero attached hydrogens (tertiary/aromatic N) is 1. The number of phenols is 1. The summed E-state index contributed by atoms with van der Waals surface area (Å²) >= 11 is 0. The van der Waals surface area contributed by atoms with E-state index in [2.05, 4.69) is 0 Å². The molecule has 1 N–H and O–H groups in total. The molecule has 1 aromatic heterocycles. The van der Waals surface area contributed by atoms with E-state index in [4.69, 9.17) is 0 Å². The largest absolute Gasteiger partial charge is 0.507 e. The van der Waals surface area contributed by atoms with Crippen LogP contribution in [0.25, 0.3) is 10.9 Å². The van der Waals surface area contributed by atoms with Crippen LogP contribution in [0.5, 0.6) is 5.75 Å². The molecule has 0 spiro atoms. The molecule has 0 saturated heterocycles. The Kier molecular flexibility index (Phi) is 3.34. The summed E-state index contributed by atoms with van der Waals surface area (Å²) in [5.74, 6) is 0.227. The summed E-state index contributed by atoms with van der Waals surface area (Å²) in [5.41, 5.74) is 1.55. The van der Waals surface area contributed by atoms with Gasteiger partial charge in [-0.05, 0) is 24.6 Å². The molecule has 0 aliphatic heterocycles. The predicted octanol–water partition coefficient (Wildman–Crippen LogP) is 2.30. The maximum absolute atomic E-state index is 11.7. The highest BCUT2D eigenvalue weighted by Crippen LogP contribution is 2.31. The van der Waals surface area contributed by atoms with Gasteiger partial charge >= 0.3 is 0 Å². The van der Waals surface area contributed by atoms with Crippen LogP contribution < -0.4 is 0 Å². The number of aromatic hydroxyl groups is 1. The number of hydrogen-bond acceptors (Lipinski definition) is 3. The van der Waals surface area contributed by atoms with Gasteiger partial charge in [-0.3, -0.25) is 0 Å². The molecule has 0 aliphatic carbocycles. The molecule has 0 aliphatic rings. The Morgan fingerprint density at radius 1 is 1.28 bits per heavy atom. The average Bonchev–Trinajstić information content (AvgIpc) is 2.68. The van der Waals surface area contributed by atoms with Crippen LogP contribution in [0.15, 0.2) is 24.4 Å². The first-order chi connectivity index (χ1) is 8.48. The van der Waals surface area contributed by atoms with Crippen LogP contribution in [0.4, 0.5) is 0 Å². The third-order valence-electron chi connectivity index (χ3n) is 3.12. The predicted molar refractivity (Wildman–Crippen MR) is 72.4 cm³/mol. The Hall–Kier alpha value is -1.49. The van der Waals surface area contributed by atoms with Crippen molar-refractivity contribution in [1.82, 2.24) is 4.57 Å². The Balaban J connectivity index is 2.64. The molecule has 0 radical (unpaired) electrons. The molecular formula is C13H17NO3S. The van der Waals surface area contributed by atoms with Crippen LogP contribution in [0.1, 0.15) is 19.4 Å². The van der Waals surface area contributed by atoms with Crippen LogP contribution in [-0.2, 0) is 22.1 Å². The lowest BCUT2D eigenvalue weighted by Gasteiger charge is -2.01. The van der Waals surface area contributed by atoms with Gasteiger partial charge in [0.1, 0.15) is 5.75 Å². The molecule has 4 nitrogen and oxygen atoms in total. The van der Waals surface area contributed by atoms with Crippen molar-refractivity contribution < 1.29 is 13.5 Å². The van der Waals surface area contributed by atoms with E-state index in [1.54, 1.807) is 19.1 Å². The lowest BCUT2D eigenvalue weighted by molar-refractivity contribution is 0.481. The summed E-state index contributed by atoms with van der Waals surface area (Å²) in [5, 5.41) is 10.6. The van der Waals surface area contributed by atoms with Gasteiger partial charge in [-0.1, -0.05) is 13.0 Å². The first kappa shape index (κ1) is 13.0. The molecule has 0 saturated carbocycles. The second-order valence-electron chi connectivity index (χ2n) is 4.29. The minimum atomic E-state index is -3.10. The van der Waals surface area contributed by atoms with Gasteiger partial charge in [-0.2, -0.15) is 0 Å². The zero-order valence-electron chi connectivity index (χ0n) is 10.5. The number of phenolic OH excluding ortho intramolecular Hbond substituents is 1. The molecule has 1 heterocycles. The number of fused-ring (bicyclic) bond motifs is 1. The maximum atomic E-state index is 11.7. The van der Waals surface area contributed by atoms with Crippen LogP contribution in [0.3, 0.4) is 0 Å². The summed E-state index contributed by atoms with van der Waals surface area (Å²) < 4.78 is 25.4. The van der Waals surface area contributed by atoms with Crippen molar-refractivity contribution in [1.29, 1.82) is 0 Å². The van der Waals surface area contributed by atoms with Gasteiger partial charge in [-0.25, -0.2) is 8.42 Å². The van der Waals surface area contributed by atoms with Crippen molar-refractivity contribution in [3.05, 3.63) is 30.0 Å². The van der Waals surface area contributed by atoms with Gasteiger partial charge in [0, 0.05) is 23.9 Å². The van der Waals surface area contributed by atoms with Crippen molar-refractivity contribution in [3.8, 4) is 5.75 Å². The third kappa shape index (κ3) is 2.22. The fraction of sp³-hybridized carbons (Fsp3) is 0.385. The van der Waals surface area contributed by atoms with Gasteiger partial charge in [0.2, 0.25) is 0 Å². The lowest BCUT2D eigenvalue weighted by atomic mass is 10.2. The van der Waals surface area contributed by atoms with E-state index in [1.165, 1.54) is 0 Å². The van der Waals surface area contributed by atoms with E-state index in [0.29, 0.717) is 10.9 Å². The molecule has 5 heteroatoms. The molecular weight excluding hydrogens is 250 g/mol. The number of rotatable bonds is 4. The molecule has 0 atom stereocenters. The Morgan fingerprint density at radius 3 is 2.61 bits per heavy atom. The Morgan fingerprint density at radius 2 is 2.00 bits per heavy atom. The number of sulfone groups is 1. The highest BCUT2D eigenvalue weighted by atomic mass is 32.2. The molecule has 1 aromatic carbocycles. The molecule has 0 amide bonds. The molecule has 0 fully saturated rings. The fourth-order valence-electron chi connectivity index (χ4n) is 2.13. The topological polar surface area (TPSA) is 59.3 Å². The minimum Gasteiger partial charge on any atom is -0.507 e. The van der Waals surface area contributed by atoms with Crippen LogP contribution in [0.2, 0.25) is 0 Å². The highest BCUT2D eigenvalue weighted by Gasteiger charge is 2.16. The fourth-order valence-corrected chi connectivity index (χ4v) is 3.03. The second kappa shape index (κ2) is 4.65. The maximum Gasteiger partial charge on any atom is 0.154 e. The van der Waals surface area contributed by atoms with Gasteiger partial charge in [0.25, 0.3) is 0 Å². The van der Waals surface area contributed by atoms with Gasteiger partial charge in [0.15, 0.2) is 9.84 Å². The zero-order valence-corrected chi connectivity index (χ0v) is 11.4. The summed E-state index contributed by atoms with van der Waals surface area (Å²) in [6.45, 7) is 4.36. The molecule has 18 heavy (non-hydrogen) atoms. The van der Waals surface area contributed by atoms with Gasteiger partial charge in [0.05, 0.1) is 11.3 Å². The molecule has 2 aromatic rings. The average molecular weight is 267 g/mol. The van der Waals surface area contributed by atoms with Crippen molar-refractivity contribution in [2.24, 2.45) is 0 Å². The summed E-state index contributed by atoms with van der Waals surface area (Å²) in [6.07, 6.45) is 1.82. The van der Waals surface area contributed by atoms with E-state index in [9.17, 15) is 13.5 Å². The number of aryl methyl sites for hydroxylation is 1. The highest BCUT2D eigenvalue weighted by molar-refractivity contribution is 7.90. The molecule has 0 bridgehead atoms. The van der Waals surface area contributed by atoms with Gasteiger partial charge in [-0.15, -0.1) is 0 Å². The first-order valence-electron chi connectivity index (χ1n) is 5.98. The number of hydrogen-bond donors (Lipinski definition) is 1. The van der Waals surface area contributed by atoms with E-state index in [-0.39, 0.29) is 17.3 Å². The molecule has 2 rings (SSSR count). The van der Waals surface area contributed by atoms with Crippen LogP contribution in [0, 0.1) is 0 Å². The standard InChI is InChI=1S/C13H17NO3S/c1-3-14-8-10(9-18(16,17)4-2)13-11(14)6-5-7-12(13)15/h5-8,15H,3-4,9H2,1-2H3. The van der Waals surface area contributed by atoms with E-state index >= 15 is 0 Å². The van der Waals surface area contributed by atoms with Crippen molar-refractivity contribution >= 4 is 20.7 Å². The SMILES string of the molecule is CCn1cc(CS(=O)(=O)CC)c2c(O)cccc21. The third-order valence-corrected chi connectivity index (χ3v) is 4.75. The van der Waals surface area contributed by atoms with Crippen LogP contribution >= 0.6 is 0 Å². The van der Waals surface area contributed by atoms with E-state index in [1.807, 2.05) is 23.8 Å². The van der Waals surface area contributed by atoms with Crippen molar-refractivity contribution in [3.63, 3.8) is 0 Å². The number of aromatic nitrogens is 1. The second-order valence-corrected chi connectivity index (χ2v) is 6.64. The summed E-state index contributed by atoms with van der Waals surface area (Å²) in [4.78, 5) is 0. The summed E-state index contributed by atoms with van der Waals surface area (Å²) in [7, 11) is -3.10. The van der Waals surface area contributed by atoms with Crippen LogP contribution in [-0.4, -0.2) is 23.8 Å². The smallest absolute Gasteiger partial charge is 0.154 e. The minimum absolute atomic E-state index is 0.0232. The summed E-state index contributed by atoms with van der Waals surface area (Å²) in [6, 6.07) is 5.24. The van der Waals surface area contributed by atoms with Crippen molar-refractivity contribution in [2.75, 3.05) is 5.75 Å². The van der Waals surface area contributed by atoms with E-state index in [0.717, 1.165) is 12.1 Å². The van der Waals surface area contributed by atoms with Gasteiger partial charge < -0.3 is 9.67 Å². The molecule has 98 valence electrons. The Labute approximate surface area is 107 Å². The van der Waals surface area contributed by atoms with E-state index < -0.39 is 9.84 Å². The first-order valence-corrected chi connectivity index (χ1v) is 7.80. The normalized spacial score (nSPS) is 12.1. The monoisotopic (exact) mass is 267 g/mol. The number of benzene rings is 1. The molecule has 0 unspecified atom stereocenters. The zero-order chi connectivity index (χ0) is 13.3. The Bertz CT molecular complexity index is 671. The quantitative estimate of drug-likeness (QED) is 0.924.